The van der Waals surface area contributed by atoms with Crippen LogP contribution in [0.1, 0.15) is 6.42 Å². The molecule has 8 heteroatoms. The van der Waals surface area contributed by atoms with Gasteiger partial charge in [-0.2, -0.15) is 0 Å². The maximum Gasteiger partial charge on any atom is 0.321 e. The van der Waals surface area contributed by atoms with Crippen LogP contribution >= 0.6 is 0 Å². The molecule has 0 unspecified atom stereocenters. The first-order valence-electron chi connectivity index (χ1n) is 6.66. The standard InChI is InChI=1S/C13H14N4O4/c18-12(10-7-11(10)17(20)21)15-8-1-3-9(4-2-8)16-6-5-14-13(16)19/h1-4,10-11H,5-7H2,(H,14,19)(H,15,18)/t10-,11+/m0/s1. The van der Waals surface area contributed by atoms with E-state index in [1.54, 1.807) is 29.2 Å². The fraction of sp³-hybridized carbons (Fsp3) is 0.385. The van der Waals surface area contributed by atoms with E-state index in [1.165, 1.54) is 0 Å². The molecular formula is C13H14N4O4. The van der Waals surface area contributed by atoms with Crippen LogP contribution in [-0.2, 0) is 4.79 Å². The average molecular weight is 290 g/mol. The van der Waals surface area contributed by atoms with Crippen molar-refractivity contribution in [2.75, 3.05) is 23.3 Å². The van der Waals surface area contributed by atoms with Crippen molar-refractivity contribution in [1.29, 1.82) is 0 Å². The van der Waals surface area contributed by atoms with Crippen molar-refractivity contribution >= 4 is 23.3 Å². The van der Waals surface area contributed by atoms with Crippen molar-refractivity contribution in [2.45, 2.75) is 12.5 Å². The van der Waals surface area contributed by atoms with Crippen molar-refractivity contribution in [3.05, 3.63) is 34.4 Å². The molecule has 2 fully saturated rings. The van der Waals surface area contributed by atoms with E-state index in [1.807, 2.05) is 0 Å². The zero-order chi connectivity index (χ0) is 15.0. The predicted octanol–water partition coefficient (Wildman–Crippen LogP) is 0.820. The molecule has 3 amide bonds. The monoisotopic (exact) mass is 290 g/mol. The fourth-order valence-electron chi connectivity index (χ4n) is 2.37. The summed E-state index contributed by atoms with van der Waals surface area (Å²) in [6.45, 7) is 1.22. The third kappa shape index (κ3) is 2.64. The number of benzene rings is 1. The summed E-state index contributed by atoms with van der Waals surface area (Å²) in [5, 5.41) is 15.9. The topological polar surface area (TPSA) is 105 Å². The van der Waals surface area contributed by atoms with Crippen LogP contribution in [0.4, 0.5) is 16.2 Å². The molecule has 1 aliphatic carbocycles. The molecule has 1 aromatic rings. The maximum atomic E-state index is 11.8. The van der Waals surface area contributed by atoms with Crippen LogP contribution in [0.25, 0.3) is 0 Å². The second-order valence-electron chi connectivity index (χ2n) is 5.11. The smallest absolute Gasteiger partial charge is 0.321 e. The minimum absolute atomic E-state index is 0.140. The number of nitro groups is 1. The number of anilines is 2. The molecule has 2 atom stereocenters. The highest BCUT2D eigenvalue weighted by Crippen LogP contribution is 2.34. The van der Waals surface area contributed by atoms with Crippen LogP contribution in [0.5, 0.6) is 0 Å². The molecule has 0 aromatic heterocycles. The Balaban J connectivity index is 1.61. The van der Waals surface area contributed by atoms with E-state index in [0.717, 1.165) is 5.69 Å². The fourth-order valence-corrected chi connectivity index (χ4v) is 2.37. The molecular weight excluding hydrogens is 276 g/mol. The maximum absolute atomic E-state index is 11.8. The molecule has 1 aliphatic heterocycles. The molecule has 1 saturated carbocycles. The van der Waals surface area contributed by atoms with Gasteiger partial charge in [0.1, 0.15) is 5.92 Å². The van der Waals surface area contributed by atoms with Gasteiger partial charge in [0.15, 0.2) is 0 Å². The largest absolute Gasteiger partial charge is 0.336 e. The molecule has 8 nitrogen and oxygen atoms in total. The number of hydrogen-bond acceptors (Lipinski definition) is 4. The van der Waals surface area contributed by atoms with Crippen LogP contribution in [0, 0.1) is 16.0 Å². The summed E-state index contributed by atoms with van der Waals surface area (Å²) in [5.74, 6) is -0.868. The summed E-state index contributed by atoms with van der Waals surface area (Å²) in [4.78, 5) is 35.0. The van der Waals surface area contributed by atoms with E-state index >= 15 is 0 Å². The number of amides is 3. The highest BCUT2D eigenvalue weighted by atomic mass is 16.6. The molecule has 1 aromatic carbocycles. The molecule has 1 heterocycles. The molecule has 0 spiro atoms. The zero-order valence-electron chi connectivity index (χ0n) is 11.1. The van der Waals surface area contributed by atoms with E-state index in [2.05, 4.69) is 10.6 Å². The summed E-state index contributed by atoms with van der Waals surface area (Å²) in [6, 6.07) is 5.94. The van der Waals surface area contributed by atoms with Gasteiger partial charge in [-0.05, 0) is 24.3 Å². The lowest BCUT2D eigenvalue weighted by Crippen LogP contribution is -2.27. The van der Waals surface area contributed by atoms with E-state index < -0.39 is 16.9 Å². The average Bonchev–Trinajstić information content (AvgIpc) is 3.16. The van der Waals surface area contributed by atoms with Crippen molar-refractivity contribution in [3.63, 3.8) is 0 Å². The van der Waals surface area contributed by atoms with Crippen LogP contribution in [-0.4, -0.2) is 36.0 Å². The van der Waals surface area contributed by atoms with Crippen LogP contribution in [0.15, 0.2) is 24.3 Å². The Hall–Kier alpha value is -2.64. The van der Waals surface area contributed by atoms with Gasteiger partial charge >= 0.3 is 6.03 Å². The molecule has 3 rings (SSSR count). The van der Waals surface area contributed by atoms with Gasteiger partial charge in [0, 0.05) is 35.8 Å². The number of nitrogens with zero attached hydrogens (tertiary/aromatic N) is 2. The number of rotatable bonds is 4. The Bertz CT molecular complexity index is 601. The Kier molecular flexibility index (Phi) is 3.20. The lowest BCUT2D eigenvalue weighted by atomic mass is 10.2. The molecule has 110 valence electrons. The molecule has 1 saturated heterocycles. The summed E-state index contributed by atoms with van der Waals surface area (Å²) in [6.07, 6.45) is 0.296. The highest BCUT2D eigenvalue weighted by Gasteiger charge is 2.53. The summed E-state index contributed by atoms with van der Waals surface area (Å²) < 4.78 is 0. The van der Waals surface area contributed by atoms with Gasteiger partial charge in [-0.25, -0.2) is 4.79 Å². The van der Waals surface area contributed by atoms with Crippen LogP contribution in [0.3, 0.4) is 0 Å². The van der Waals surface area contributed by atoms with Crippen molar-refractivity contribution in [3.8, 4) is 0 Å². The Morgan fingerprint density at radius 2 is 2.10 bits per heavy atom. The number of urea groups is 1. The summed E-state index contributed by atoms with van der Waals surface area (Å²) in [7, 11) is 0. The van der Waals surface area contributed by atoms with Gasteiger partial charge in [-0.15, -0.1) is 0 Å². The SMILES string of the molecule is O=C(Nc1ccc(N2CCNC2=O)cc1)[C@H]1C[C@H]1[N+](=O)[O-]. The van der Waals surface area contributed by atoms with Gasteiger partial charge in [0.05, 0.1) is 0 Å². The third-order valence-corrected chi connectivity index (χ3v) is 3.67. The second kappa shape index (κ2) is 5.04. The van der Waals surface area contributed by atoms with E-state index in [-0.39, 0.29) is 11.9 Å². The Labute approximate surface area is 120 Å². The van der Waals surface area contributed by atoms with E-state index in [0.29, 0.717) is 25.2 Å². The van der Waals surface area contributed by atoms with Gasteiger partial charge in [0.2, 0.25) is 11.9 Å². The molecule has 2 aliphatic rings. The number of carbonyl (C=O) groups is 2. The van der Waals surface area contributed by atoms with Gasteiger partial charge in [-0.3, -0.25) is 19.8 Å². The number of nitrogens with one attached hydrogen (secondary N) is 2. The van der Waals surface area contributed by atoms with Crippen LogP contribution < -0.4 is 15.5 Å². The molecule has 0 radical (unpaired) electrons. The Morgan fingerprint density at radius 3 is 2.62 bits per heavy atom. The van der Waals surface area contributed by atoms with Gasteiger partial charge in [0.25, 0.3) is 0 Å². The molecule has 0 bridgehead atoms. The first-order valence-corrected chi connectivity index (χ1v) is 6.66. The molecule has 21 heavy (non-hydrogen) atoms. The lowest BCUT2D eigenvalue weighted by molar-refractivity contribution is -0.497. The predicted molar refractivity (Wildman–Crippen MR) is 74.7 cm³/mol. The normalized spacial score (nSPS) is 23.6. The molecule has 2 N–H and O–H groups in total. The second-order valence-corrected chi connectivity index (χ2v) is 5.11. The van der Waals surface area contributed by atoms with E-state index in [9.17, 15) is 19.7 Å². The number of carbonyl (C=O) groups excluding carboxylic acids is 2. The van der Waals surface area contributed by atoms with Gasteiger partial charge in [-0.1, -0.05) is 0 Å². The summed E-state index contributed by atoms with van der Waals surface area (Å²) >= 11 is 0. The quantitative estimate of drug-likeness (QED) is 0.632. The summed E-state index contributed by atoms with van der Waals surface area (Å²) in [5.41, 5.74) is 1.31. The Morgan fingerprint density at radius 1 is 1.38 bits per heavy atom. The minimum atomic E-state index is -0.752. The van der Waals surface area contributed by atoms with Crippen LogP contribution in [0.2, 0.25) is 0 Å². The zero-order valence-corrected chi connectivity index (χ0v) is 11.1. The first kappa shape index (κ1) is 13.3. The van der Waals surface area contributed by atoms with Crippen molar-refractivity contribution in [1.82, 2.24) is 5.32 Å². The lowest BCUT2D eigenvalue weighted by Gasteiger charge is -2.14. The highest BCUT2D eigenvalue weighted by molar-refractivity contribution is 5.96. The van der Waals surface area contributed by atoms with Crippen molar-refractivity contribution < 1.29 is 14.5 Å². The third-order valence-electron chi connectivity index (χ3n) is 3.67. The minimum Gasteiger partial charge on any atom is -0.336 e. The first-order chi connectivity index (χ1) is 10.1. The number of hydrogen-bond donors (Lipinski definition) is 2. The van der Waals surface area contributed by atoms with Gasteiger partial charge < -0.3 is 10.6 Å². The van der Waals surface area contributed by atoms with Crippen molar-refractivity contribution in [2.24, 2.45) is 5.92 Å². The van der Waals surface area contributed by atoms with E-state index in [4.69, 9.17) is 0 Å².